The van der Waals surface area contributed by atoms with Gasteiger partial charge in [0.25, 0.3) is 5.91 Å². The van der Waals surface area contributed by atoms with Crippen molar-refractivity contribution in [3.8, 4) is 11.5 Å². The van der Waals surface area contributed by atoms with Gasteiger partial charge in [-0.1, -0.05) is 189 Å². The molecule has 3 aliphatic heterocycles. The van der Waals surface area contributed by atoms with Gasteiger partial charge in [-0.25, -0.2) is 0 Å². The lowest BCUT2D eigenvalue weighted by molar-refractivity contribution is -0.262. The monoisotopic (exact) mass is 2150 g/mol. The molecule has 836 valence electrons. The summed E-state index contributed by atoms with van der Waals surface area (Å²) < 4.78 is 97.1. The van der Waals surface area contributed by atoms with Gasteiger partial charge in [0.1, 0.15) is 73.5 Å². The summed E-state index contributed by atoms with van der Waals surface area (Å²) in [5.74, 6) is -6.82. The second-order valence-corrected chi connectivity index (χ2v) is 42.5. The molecule has 0 spiro atoms. The van der Waals surface area contributed by atoms with Gasteiger partial charge >= 0.3 is 41.8 Å². The Kier molecular flexibility index (Phi) is 60.7. The molecular formula is C107H165N8O31PS2. The van der Waals surface area contributed by atoms with Crippen molar-refractivity contribution in [1.29, 1.82) is 0 Å². The van der Waals surface area contributed by atoms with Crippen molar-refractivity contribution in [2.45, 2.75) is 361 Å². The Labute approximate surface area is 886 Å². The first-order valence-electron chi connectivity index (χ1n) is 52.6. The number of esters is 7. The van der Waals surface area contributed by atoms with E-state index in [-0.39, 0.29) is 114 Å². The normalized spacial score (nSPS) is 20.9. The van der Waals surface area contributed by atoms with Crippen LogP contribution in [0.1, 0.15) is 292 Å². The standard InChI is InChI=1S/C107H165N8O31PS2/c1-71-97(110-74(4)116)104(144-88(67-136-77(7)119)100(71)140-80(10)122)133-64-38-27-21-15-18-24-33-45-92(125)108-58-41-62-114(95(128)47-35-26-20-17-23-29-40-66-135-106-99(112-76(6)118)73(3)102(142-82(12)124)90(146-106)69-138-79(9)121)60-36-37-61-115(63-42-59-109-93(126)46-34-25-19-16-22-28-39-65-134-105-98(111-75(5)117)72(2)101(141-81(11)123)89(145-105)68-137-78(8)120)103(130)91(143-96(129)57-56-94(127)113-149(147)148)70-139-107(83-43-31-30-32-44-83,84-48-52-86(131-13)53-49-84)85-50-54-87(132-14)55-51-85/h30-32,43-44,48-55,71-73,88-91,97-102,104-106,147,149H,15-29,33-42,45-47,56-70H2,1-14H3,(H,108,125)(H,109,126)(H,110,116)(H,111,117)(H,112,118)(H,113,127,148)/t71-,72-,73-,88?,89?,90?,91?,97?,98?,99?,100-,101-,102-,104-,105-,106-/m1/s1. The second kappa shape index (κ2) is 70.9. The number of nitrogens with zero attached hydrogens (tertiary/aromatic N) is 2. The molecular weight excluding hydrogens is 1990 g/mol. The molecule has 8 amide bonds. The Hall–Kier alpha value is -10.1. The molecule has 6 N–H and O–H groups in total. The number of hydrogen-bond donors (Lipinski definition) is 7. The van der Waals surface area contributed by atoms with Crippen molar-refractivity contribution >= 4 is 117 Å². The minimum Gasteiger partial charge on any atom is -0.497 e. The second-order valence-electron chi connectivity index (χ2n) is 38.2. The molecule has 149 heavy (non-hydrogen) atoms. The number of hydrogen-bond acceptors (Lipinski definition) is 32. The lowest BCUT2D eigenvalue weighted by Crippen LogP contribution is -2.62. The van der Waals surface area contributed by atoms with Gasteiger partial charge in [0.15, 0.2) is 18.9 Å². The van der Waals surface area contributed by atoms with Crippen LogP contribution in [0.4, 0.5) is 0 Å². The topological polar surface area (TPSA) is 482 Å². The van der Waals surface area contributed by atoms with Crippen LogP contribution in [-0.2, 0) is 164 Å². The number of methoxy groups -OCH3 is 2. The van der Waals surface area contributed by atoms with Gasteiger partial charge in [0, 0.05) is 165 Å². The first-order valence-corrected chi connectivity index (χ1v) is 56.3. The number of carbonyl (C=O) groups excluding carboxylic acids is 15. The number of amides is 8. The molecule has 42 heteroatoms. The minimum atomic E-state index is -1.63. The third-order valence-electron chi connectivity index (χ3n) is 26.1. The van der Waals surface area contributed by atoms with E-state index in [2.05, 4.69) is 39.3 Å². The van der Waals surface area contributed by atoms with Crippen LogP contribution in [0.25, 0.3) is 0 Å². The third kappa shape index (κ3) is 48.2. The molecule has 3 fully saturated rings. The van der Waals surface area contributed by atoms with E-state index in [1.54, 1.807) is 48.3 Å². The van der Waals surface area contributed by atoms with Gasteiger partial charge in [-0.05, 0) is 116 Å². The predicted octanol–water partition coefficient (Wildman–Crippen LogP) is 11.5. The van der Waals surface area contributed by atoms with E-state index in [0.717, 1.165) is 96.3 Å². The van der Waals surface area contributed by atoms with E-state index in [1.165, 1.54) is 62.3 Å². The summed E-state index contributed by atoms with van der Waals surface area (Å²) >= 11 is 5.20. The third-order valence-corrected chi connectivity index (χ3v) is 27.1. The summed E-state index contributed by atoms with van der Waals surface area (Å²) in [5, 5.41) is 14.7. The Morgan fingerprint density at radius 3 is 1.06 bits per heavy atom. The molecule has 0 radical (unpaired) electrons. The Morgan fingerprint density at radius 2 is 0.718 bits per heavy atom. The Bertz CT molecular complexity index is 4640. The Morgan fingerprint density at radius 1 is 0.389 bits per heavy atom. The average molecular weight is 2150 g/mol. The number of unbranched alkanes of at least 4 members (excludes halogenated alkanes) is 19. The van der Waals surface area contributed by atoms with Crippen LogP contribution < -0.4 is 40.8 Å². The van der Waals surface area contributed by atoms with E-state index in [4.69, 9.17) is 87.0 Å². The van der Waals surface area contributed by atoms with Gasteiger partial charge in [0.2, 0.25) is 47.5 Å². The maximum atomic E-state index is 15.9. The highest BCUT2D eigenvalue weighted by atomic mass is 32.9. The maximum Gasteiger partial charge on any atom is 0.307 e. The summed E-state index contributed by atoms with van der Waals surface area (Å²) in [6.45, 7) is 18.2. The lowest BCUT2D eigenvalue weighted by Gasteiger charge is -2.44. The highest BCUT2D eigenvalue weighted by Gasteiger charge is 2.51. The molecule has 0 bridgehead atoms. The molecule has 6 rings (SSSR count). The fourth-order valence-corrected chi connectivity index (χ4v) is 19.5. The van der Waals surface area contributed by atoms with Crippen molar-refractivity contribution in [2.75, 3.05) is 99.7 Å². The van der Waals surface area contributed by atoms with Crippen LogP contribution in [0.2, 0.25) is 0 Å². The van der Waals surface area contributed by atoms with Crippen LogP contribution in [0.5, 0.6) is 11.5 Å². The number of ether oxygens (including phenoxy) is 16. The number of thiol groups is 1. The number of nitrogens with one attached hydrogen (secondary N) is 6. The predicted molar refractivity (Wildman–Crippen MR) is 559 cm³/mol. The SMILES string of the molecule is COc1ccc(C(OCC(OC(=O)CCC(=O)N[SH](=P)=S)C(=O)N(CCCCN(CCCNC(=O)CCCCCCCCCO[C@@H]2OC(COC(C)=O)[C@H](OC(C)=O)[C@H](C)C2NC(C)=O)C(=O)CCCCCCCCCO[C@@H]2OC(COC(C)=O)[C@H](OC(C)=O)[C@H](C)C2NC(C)=O)CCCNC(=O)CCCCCCCCCO[C@@H]2OC(COC(C)=O)[C@H](OC(C)=O)[C@H](C)C2NC(C)=O)(c2ccccc2)c2ccc(OC)cc2)cc1. The quantitative estimate of drug-likeness (QED) is 0.00689. The molecule has 39 nitrogen and oxygen atoms in total. The molecule has 0 saturated carbocycles. The van der Waals surface area contributed by atoms with Crippen LogP contribution in [-0.4, -0.2) is 278 Å². The van der Waals surface area contributed by atoms with Crippen LogP contribution >= 0.6 is 8.02 Å². The highest BCUT2D eigenvalue weighted by molar-refractivity contribution is 8.38. The van der Waals surface area contributed by atoms with Crippen molar-refractivity contribution in [3.63, 3.8) is 0 Å². The average Bonchev–Trinajstić information content (AvgIpc) is 0.747. The van der Waals surface area contributed by atoms with Gasteiger partial charge in [-0.3, -0.25) is 71.9 Å². The number of carbonyl (C=O) groups is 15. The van der Waals surface area contributed by atoms with Crippen molar-refractivity contribution in [3.05, 3.63) is 95.6 Å². The minimum absolute atomic E-state index is 0.0710. The Balaban J connectivity index is 1.15. The zero-order valence-electron chi connectivity index (χ0n) is 89.6. The van der Waals surface area contributed by atoms with Crippen molar-refractivity contribution in [1.82, 2.24) is 41.1 Å². The first-order chi connectivity index (χ1) is 71.3. The van der Waals surface area contributed by atoms with E-state index in [1.807, 2.05) is 75.4 Å². The van der Waals surface area contributed by atoms with Gasteiger partial charge < -0.3 is 117 Å². The molecule has 0 aromatic heterocycles. The number of rotatable bonds is 72. The number of benzene rings is 3. The smallest absolute Gasteiger partial charge is 0.307 e. The van der Waals surface area contributed by atoms with E-state index >= 15 is 4.79 Å². The van der Waals surface area contributed by atoms with E-state index < -0.39 is 179 Å². The molecule has 17 atom stereocenters. The van der Waals surface area contributed by atoms with Crippen LogP contribution in [0.3, 0.4) is 0 Å². The van der Waals surface area contributed by atoms with Gasteiger partial charge in [-0.15, -0.1) is 0 Å². The molecule has 3 aliphatic rings. The van der Waals surface area contributed by atoms with Crippen molar-refractivity contribution in [2.24, 2.45) is 17.8 Å². The lowest BCUT2D eigenvalue weighted by atomic mass is 9.80. The van der Waals surface area contributed by atoms with E-state index in [9.17, 15) is 67.1 Å². The first kappa shape index (κ1) is 128. The molecule has 3 saturated heterocycles. The molecule has 8 unspecified atom stereocenters. The molecule has 0 aliphatic carbocycles. The summed E-state index contributed by atoms with van der Waals surface area (Å²) in [6, 6.07) is 22.0. The molecule has 3 heterocycles. The summed E-state index contributed by atoms with van der Waals surface area (Å²) in [4.78, 5) is 197. The summed E-state index contributed by atoms with van der Waals surface area (Å²) in [7, 11) is 4.91. The zero-order chi connectivity index (χ0) is 109. The zero-order valence-corrected chi connectivity index (χ0v) is 92.3. The van der Waals surface area contributed by atoms with E-state index in [0.29, 0.717) is 119 Å². The van der Waals surface area contributed by atoms with Crippen LogP contribution in [0, 0.1) is 17.8 Å². The highest BCUT2D eigenvalue weighted by Crippen LogP contribution is 2.43. The molecule has 3 aromatic rings. The summed E-state index contributed by atoms with van der Waals surface area (Å²) in [5.41, 5.74) is 0.416. The summed E-state index contributed by atoms with van der Waals surface area (Å²) in [6.07, 6.45) is 9.00. The maximum absolute atomic E-state index is 15.9. The largest absolute Gasteiger partial charge is 0.497 e. The van der Waals surface area contributed by atoms with Crippen LogP contribution in [0.15, 0.2) is 78.9 Å². The molecule has 3 aromatic carbocycles. The fraction of sp³-hybridized carbons (Fsp3) is 0.692. The van der Waals surface area contributed by atoms with Crippen molar-refractivity contribution < 1.29 is 148 Å². The van der Waals surface area contributed by atoms with Gasteiger partial charge in [-0.2, -0.15) is 0 Å². The fourth-order valence-electron chi connectivity index (χ4n) is 18.5. The van der Waals surface area contributed by atoms with Gasteiger partial charge in [0.05, 0.1) is 45.4 Å².